The molecule has 1 fully saturated rings. The van der Waals surface area contributed by atoms with E-state index in [-0.39, 0.29) is 0 Å². The van der Waals surface area contributed by atoms with Crippen LogP contribution in [0.2, 0.25) is 0 Å². The van der Waals surface area contributed by atoms with Crippen LogP contribution in [0.15, 0.2) is 0 Å². The molecule has 0 spiro atoms. The fourth-order valence-corrected chi connectivity index (χ4v) is 1.53. The van der Waals surface area contributed by atoms with Crippen LogP contribution in [0.5, 0.6) is 0 Å². The number of nitrogens with one attached hydrogen (secondary N) is 1. The zero-order valence-electron chi connectivity index (χ0n) is 9.56. The summed E-state index contributed by atoms with van der Waals surface area (Å²) in [7, 11) is 0. The van der Waals surface area contributed by atoms with E-state index in [1.807, 2.05) is 0 Å². The second-order valence-corrected chi connectivity index (χ2v) is 4.30. The lowest BCUT2D eigenvalue weighted by atomic mass is 10.2. The van der Waals surface area contributed by atoms with Crippen LogP contribution in [0.25, 0.3) is 0 Å². The molecule has 0 heterocycles. The van der Waals surface area contributed by atoms with E-state index in [2.05, 4.69) is 12.2 Å². The molecule has 0 saturated heterocycles. The first kappa shape index (κ1) is 12.0. The van der Waals surface area contributed by atoms with Gasteiger partial charge in [0, 0.05) is 13.2 Å². The highest BCUT2D eigenvalue weighted by Crippen LogP contribution is 2.31. The molecular weight excluding hydrogens is 174 g/mol. The number of ether oxygens (including phenoxy) is 1. The van der Waals surface area contributed by atoms with Crippen LogP contribution in [0.3, 0.4) is 0 Å². The SMILES string of the molecule is CCCCCNCCOCCC1CC1. The molecule has 0 unspecified atom stereocenters. The molecule has 0 aliphatic heterocycles. The second kappa shape index (κ2) is 8.25. The van der Waals surface area contributed by atoms with Gasteiger partial charge in [0.15, 0.2) is 0 Å². The molecular formula is C12H25NO. The maximum Gasteiger partial charge on any atom is 0.0590 e. The minimum absolute atomic E-state index is 0.888. The number of rotatable bonds is 10. The van der Waals surface area contributed by atoms with Crippen molar-refractivity contribution >= 4 is 0 Å². The average Bonchev–Trinajstić information content (AvgIpc) is 2.99. The van der Waals surface area contributed by atoms with Crippen molar-refractivity contribution in [2.24, 2.45) is 5.92 Å². The first-order valence-electron chi connectivity index (χ1n) is 6.22. The molecule has 1 aliphatic rings. The first-order valence-corrected chi connectivity index (χ1v) is 6.22. The highest BCUT2D eigenvalue weighted by molar-refractivity contribution is 4.72. The zero-order valence-corrected chi connectivity index (χ0v) is 9.56. The standard InChI is InChI=1S/C12H25NO/c1-2-3-4-8-13-9-11-14-10-7-12-5-6-12/h12-13H,2-11H2,1H3. The van der Waals surface area contributed by atoms with Crippen LogP contribution in [-0.4, -0.2) is 26.3 Å². The molecule has 1 aliphatic carbocycles. The van der Waals surface area contributed by atoms with Crippen molar-refractivity contribution in [3.8, 4) is 0 Å². The van der Waals surface area contributed by atoms with Gasteiger partial charge in [-0.05, 0) is 25.3 Å². The summed E-state index contributed by atoms with van der Waals surface area (Å²) in [5, 5.41) is 3.40. The van der Waals surface area contributed by atoms with Crippen LogP contribution >= 0.6 is 0 Å². The van der Waals surface area contributed by atoms with Crippen LogP contribution in [-0.2, 0) is 4.74 Å². The quantitative estimate of drug-likeness (QED) is 0.546. The van der Waals surface area contributed by atoms with E-state index in [4.69, 9.17) is 4.74 Å². The molecule has 2 nitrogen and oxygen atoms in total. The Bertz CT molecular complexity index is 123. The van der Waals surface area contributed by atoms with E-state index in [0.29, 0.717) is 0 Å². The summed E-state index contributed by atoms with van der Waals surface area (Å²) in [6.07, 6.45) is 8.13. The van der Waals surface area contributed by atoms with Crippen LogP contribution in [0.4, 0.5) is 0 Å². The topological polar surface area (TPSA) is 21.3 Å². The third-order valence-electron chi connectivity index (χ3n) is 2.75. The monoisotopic (exact) mass is 199 g/mol. The highest BCUT2D eigenvalue weighted by atomic mass is 16.5. The zero-order chi connectivity index (χ0) is 10.1. The molecule has 0 aromatic heterocycles. The van der Waals surface area contributed by atoms with Crippen molar-refractivity contribution in [3.63, 3.8) is 0 Å². The molecule has 0 aromatic carbocycles. The predicted octanol–water partition coefficient (Wildman–Crippen LogP) is 2.58. The molecule has 0 amide bonds. The van der Waals surface area contributed by atoms with Gasteiger partial charge in [0.2, 0.25) is 0 Å². The number of hydrogen-bond acceptors (Lipinski definition) is 2. The van der Waals surface area contributed by atoms with E-state index >= 15 is 0 Å². The molecule has 1 saturated carbocycles. The molecule has 1 rings (SSSR count). The normalized spacial score (nSPS) is 16.1. The fourth-order valence-electron chi connectivity index (χ4n) is 1.53. The van der Waals surface area contributed by atoms with Crippen LogP contribution in [0, 0.1) is 5.92 Å². The summed E-state index contributed by atoms with van der Waals surface area (Å²) >= 11 is 0. The minimum Gasteiger partial charge on any atom is -0.380 e. The van der Waals surface area contributed by atoms with Crippen molar-refractivity contribution in [1.82, 2.24) is 5.32 Å². The number of hydrogen-bond donors (Lipinski definition) is 1. The van der Waals surface area contributed by atoms with E-state index < -0.39 is 0 Å². The van der Waals surface area contributed by atoms with Crippen LogP contribution < -0.4 is 5.32 Å². The average molecular weight is 199 g/mol. The molecule has 2 heteroatoms. The van der Waals surface area contributed by atoms with Gasteiger partial charge in [0.05, 0.1) is 6.61 Å². The lowest BCUT2D eigenvalue weighted by Crippen LogP contribution is -2.21. The van der Waals surface area contributed by atoms with E-state index in [1.54, 1.807) is 0 Å². The Hall–Kier alpha value is -0.0800. The smallest absolute Gasteiger partial charge is 0.0590 e. The molecule has 14 heavy (non-hydrogen) atoms. The van der Waals surface area contributed by atoms with Gasteiger partial charge in [-0.25, -0.2) is 0 Å². The van der Waals surface area contributed by atoms with Gasteiger partial charge in [0.25, 0.3) is 0 Å². The van der Waals surface area contributed by atoms with Crippen LogP contribution in [0.1, 0.15) is 45.4 Å². The molecule has 0 radical (unpaired) electrons. The summed E-state index contributed by atoms with van der Waals surface area (Å²) in [6.45, 7) is 6.27. The summed E-state index contributed by atoms with van der Waals surface area (Å²) < 4.78 is 5.53. The highest BCUT2D eigenvalue weighted by Gasteiger charge is 2.20. The third kappa shape index (κ3) is 7.34. The molecule has 0 atom stereocenters. The predicted molar refractivity (Wildman–Crippen MR) is 60.6 cm³/mol. The Kier molecular flexibility index (Phi) is 7.06. The molecule has 0 bridgehead atoms. The van der Waals surface area contributed by atoms with Gasteiger partial charge in [-0.1, -0.05) is 32.6 Å². The third-order valence-corrected chi connectivity index (χ3v) is 2.75. The second-order valence-electron chi connectivity index (χ2n) is 4.30. The Balaban J connectivity index is 1.63. The molecule has 0 aromatic rings. The van der Waals surface area contributed by atoms with Gasteiger partial charge in [-0.15, -0.1) is 0 Å². The molecule has 1 N–H and O–H groups in total. The maximum absolute atomic E-state index is 5.53. The van der Waals surface area contributed by atoms with Gasteiger partial charge in [-0.2, -0.15) is 0 Å². The van der Waals surface area contributed by atoms with Gasteiger partial charge >= 0.3 is 0 Å². The van der Waals surface area contributed by atoms with Crippen molar-refractivity contribution in [3.05, 3.63) is 0 Å². The fraction of sp³-hybridized carbons (Fsp3) is 1.00. The van der Waals surface area contributed by atoms with Crippen molar-refractivity contribution in [2.45, 2.75) is 45.4 Å². The van der Waals surface area contributed by atoms with E-state index in [9.17, 15) is 0 Å². The largest absolute Gasteiger partial charge is 0.380 e. The van der Waals surface area contributed by atoms with E-state index in [0.717, 1.165) is 32.2 Å². The molecule has 84 valence electrons. The van der Waals surface area contributed by atoms with Crippen molar-refractivity contribution in [2.75, 3.05) is 26.3 Å². The first-order chi connectivity index (χ1) is 6.93. The Morgan fingerprint density at radius 2 is 2.00 bits per heavy atom. The number of unbranched alkanes of at least 4 members (excludes halogenated alkanes) is 2. The van der Waals surface area contributed by atoms with Gasteiger partial charge in [-0.3, -0.25) is 0 Å². The van der Waals surface area contributed by atoms with Crippen molar-refractivity contribution in [1.29, 1.82) is 0 Å². The maximum atomic E-state index is 5.53. The summed E-state index contributed by atoms with van der Waals surface area (Å²) in [4.78, 5) is 0. The minimum atomic E-state index is 0.888. The lowest BCUT2D eigenvalue weighted by Gasteiger charge is -2.05. The Labute approximate surface area is 88.4 Å². The van der Waals surface area contributed by atoms with E-state index in [1.165, 1.54) is 38.5 Å². The van der Waals surface area contributed by atoms with Gasteiger partial charge in [0.1, 0.15) is 0 Å². The summed E-state index contributed by atoms with van der Waals surface area (Å²) in [5.74, 6) is 1.01. The van der Waals surface area contributed by atoms with Crippen molar-refractivity contribution < 1.29 is 4.74 Å². The lowest BCUT2D eigenvalue weighted by molar-refractivity contribution is 0.130. The summed E-state index contributed by atoms with van der Waals surface area (Å²) in [5.41, 5.74) is 0. The Morgan fingerprint density at radius 3 is 2.71 bits per heavy atom. The summed E-state index contributed by atoms with van der Waals surface area (Å²) in [6, 6.07) is 0. The van der Waals surface area contributed by atoms with Gasteiger partial charge < -0.3 is 10.1 Å². The Morgan fingerprint density at radius 1 is 1.14 bits per heavy atom.